The highest BCUT2D eigenvalue weighted by atomic mass is 32.1. The molecule has 6 heteroatoms. The summed E-state index contributed by atoms with van der Waals surface area (Å²) in [5, 5.41) is 6.31. The van der Waals surface area contributed by atoms with E-state index in [0.29, 0.717) is 10.7 Å². The summed E-state index contributed by atoms with van der Waals surface area (Å²) in [7, 11) is 0. The van der Waals surface area contributed by atoms with Crippen LogP contribution in [0.3, 0.4) is 0 Å². The molecule has 0 radical (unpaired) electrons. The van der Waals surface area contributed by atoms with Gasteiger partial charge in [0.15, 0.2) is 11.6 Å². The molecule has 0 unspecified atom stereocenters. The Morgan fingerprint density at radius 1 is 1.33 bits per heavy atom. The second kappa shape index (κ2) is 5.22. The molecule has 0 amide bonds. The van der Waals surface area contributed by atoms with Crippen LogP contribution in [-0.4, -0.2) is 11.2 Å². The number of halogens is 2. The van der Waals surface area contributed by atoms with Crippen LogP contribution < -0.4 is 5.43 Å². The molecule has 2 rings (SSSR count). The highest BCUT2D eigenvalue weighted by Gasteiger charge is 2.07. The van der Waals surface area contributed by atoms with E-state index in [1.54, 1.807) is 6.92 Å². The van der Waals surface area contributed by atoms with Crippen LogP contribution in [0.15, 0.2) is 22.6 Å². The molecule has 0 aliphatic rings. The fourth-order valence-electron chi connectivity index (χ4n) is 1.41. The van der Waals surface area contributed by atoms with E-state index >= 15 is 0 Å². The molecule has 0 aliphatic carbocycles. The number of aryl methyl sites for hydroxylation is 2. The van der Waals surface area contributed by atoms with E-state index in [4.69, 9.17) is 0 Å². The lowest BCUT2D eigenvalue weighted by molar-refractivity contribution is 0.506. The van der Waals surface area contributed by atoms with Crippen LogP contribution in [0.2, 0.25) is 0 Å². The minimum absolute atomic E-state index is 0.105. The molecule has 2 aromatic rings. The fraction of sp³-hybridized carbons (Fsp3) is 0.167. The first kappa shape index (κ1) is 12.6. The van der Waals surface area contributed by atoms with Gasteiger partial charge in [-0.2, -0.15) is 5.10 Å². The zero-order valence-electron chi connectivity index (χ0n) is 9.87. The van der Waals surface area contributed by atoms with Crippen LogP contribution in [0.4, 0.5) is 13.9 Å². The van der Waals surface area contributed by atoms with Crippen LogP contribution >= 0.6 is 11.3 Å². The molecule has 94 valence electrons. The Balaban J connectivity index is 2.14. The van der Waals surface area contributed by atoms with Crippen molar-refractivity contribution in [3.63, 3.8) is 0 Å². The lowest BCUT2D eigenvalue weighted by Crippen LogP contribution is -1.97. The van der Waals surface area contributed by atoms with E-state index in [0.717, 1.165) is 11.8 Å². The molecule has 1 heterocycles. The summed E-state index contributed by atoms with van der Waals surface area (Å²) < 4.78 is 26.5. The van der Waals surface area contributed by atoms with E-state index in [1.165, 1.54) is 23.6 Å². The van der Waals surface area contributed by atoms with Gasteiger partial charge in [-0.25, -0.2) is 13.8 Å². The fourth-order valence-corrected chi connectivity index (χ4v) is 2.04. The first-order chi connectivity index (χ1) is 8.56. The Morgan fingerprint density at radius 3 is 2.78 bits per heavy atom. The highest BCUT2D eigenvalue weighted by Crippen LogP contribution is 2.15. The second-order valence-electron chi connectivity index (χ2n) is 3.81. The summed E-state index contributed by atoms with van der Waals surface area (Å²) in [5.41, 5.74) is 4.29. The molecule has 1 N–H and O–H groups in total. The van der Waals surface area contributed by atoms with Gasteiger partial charge in [0, 0.05) is 10.9 Å². The predicted molar refractivity (Wildman–Crippen MR) is 69.2 cm³/mol. The topological polar surface area (TPSA) is 37.3 Å². The number of nitrogens with one attached hydrogen (secondary N) is 1. The average Bonchev–Trinajstić information content (AvgIpc) is 2.71. The first-order valence-electron chi connectivity index (χ1n) is 5.23. The van der Waals surface area contributed by atoms with Crippen LogP contribution in [0, 0.1) is 25.5 Å². The summed E-state index contributed by atoms with van der Waals surface area (Å²) in [4.78, 5) is 4.13. The Bertz CT molecular complexity index is 593. The van der Waals surface area contributed by atoms with Gasteiger partial charge in [0.2, 0.25) is 5.13 Å². The maximum atomic E-state index is 13.4. The lowest BCUT2D eigenvalue weighted by atomic mass is 10.1. The highest BCUT2D eigenvalue weighted by molar-refractivity contribution is 7.13. The predicted octanol–water partition coefficient (Wildman–Crippen LogP) is 3.48. The van der Waals surface area contributed by atoms with Crippen molar-refractivity contribution in [1.82, 2.24) is 4.98 Å². The number of hydrazone groups is 1. The molecule has 1 aromatic carbocycles. The molecule has 3 nitrogen and oxygen atoms in total. The lowest BCUT2D eigenvalue weighted by Gasteiger charge is -2.00. The van der Waals surface area contributed by atoms with Crippen molar-refractivity contribution in [2.24, 2.45) is 5.10 Å². The zero-order valence-corrected chi connectivity index (χ0v) is 10.7. The molecular weight excluding hydrogens is 256 g/mol. The summed E-state index contributed by atoms with van der Waals surface area (Å²) >= 11 is 1.39. The Kier molecular flexibility index (Phi) is 3.66. The molecule has 0 fully saturated rings. The number of hydrogen-bond acceptors (Lipinski definition) is 4. The van der Waals surface area contributed by atoms with Crippen molar-refractivity contribution in [3.8, 4) is 0 Å². The molecule has 0 spiro atoms. The number of aromatic nitrogens is 1. The van der Waals surface area contributed by atoms with Gasteiger partial charge >= 0.3 is 0 Å². The van der Waals surface area contributed by atoms with Crippen molar-refractivity contribution in [2.75, 3.05) is 5.43 Å². The molecule has 18 heavy (non-hydrogen) atoms. The van der Waals surface area contributed by atoms with E-state index < -0.39 is 11.6 Å². The van der Waals surface area contributed by atoms with Crippen molar-refractivity contribution in [1.29, 1.82) is 0 Å². The monoisotopic (exact) mass is 267 g/mol. The van der Waals surface area contributed by atoms with E-state index in [-0.39, 0.29) is 5.56 Å². The Morgan fingerprint density at radius 2 is 2.11 bits per heavy atom. The summed E-state index contributed by atoms with van der Waals surface area (Å²) in [5.74, 6) is -1.77. The van der Waals surface area contributed by atoms with Crippen molar-refractivity contribution < 1.29 is 8.78 Å². The number of thiazole rings is 1. The smallest absolute Gasteiger partial charge is 0.203 e. The SMILES string of the molecule is Cc1cc(F)c(F)c(C=NNc2nc(C)cs2)c1. The van der Waals surface area contributed by atoms with Crippen LogP contribution in [0.5, 0.6) is 0 Å². The summed E-state index contributed by atoms with van der Waals surface area (Å²) in [6.45, 7) is 3.55. The van der Waals surface area contributed by atoms with Gasteiger partial charge in [0.1, 0.15) is 0 Å². The van der Waals surface area contributed by atoms with Gasteiger partial charge < -0.3 is 0 Å². The molecule has 0 atom stereocenters. The zero-order chi connectivity index (χ0) is 13.1. The maximum Gasteiger partial charge on any atom is 0.203 e. The van der Waals surface area contributed by atoms with Gasteiger partial charge in [-0.3, -0.25) is 5.43 Å². The maximum absolute atomic E-state index is 13.4. The standard InChI is InChI=1S/C12H11F2N3S/c1-7-3-9(11(14)10(13)4-7)5-15-17-12-16-8(2)6-18-12/h3-6H,1-2H3,(H,16,17). The molecule has 1 aromatic heterocycles. The molecule has 0 saturated carbocycles. The number of rotatable bonds is 3. The number of nitrogens with zero attached hydrogens (tertiary/aromatic N) is 2. The second-order valence-corrected chi connectivity index (χ2v) is 4.67. The number of anilines is 1. The van der Waals surface area contributed by atoms with Crippen molar-refractivity contribution >= 4 is 22.7 Å². The van der Waals surface area contributed by atoms with Crippen LogP contribution in [0.1, 0.15) is 16.8 Å². The minimum Gasteiger partial charge on any atom is -0.253 e. The van der Waals surface area contributed by atoms with E-state index in [9.17, 15) is 8.78 Å². The third-order valence-electron chi connectivity index (χ3n) is 2.18. The Hall–Kier alpha value is -1.82. The van der Waals surface area contributed by atoms with Gasteiger partial charge in [0.25, 0.3) is 0 Å². The van der Waals surface area contributed by atoms with Gasteiger partial charge in [-0.15, -0.1) is 11.3 Å². The van der Waals surface area contributed by atoms with Crippen LogP contribution in [0.25, 0.3) is 0 Å². The number of hydrogen-bond donors (Lipinski definition) is 1. The third kappa shape index (κ3) is 2.89. The van der Waals surface area contributed by atoms with E-state index in [1.807, 2.05) is 12.3 Å². The molecule has 0 bridgehead atoms. The summed E-state index contributed by atoms with van der Waals surface area (Å²) in [6.07, 6.45) is 1.24. The Labute approximate surface area is 107 Å². The van der Waals surface area contributed by atoms with Crippen molar-refractivity contribution in [3.05, 3.63) is 46.0 Å². The van der Waals surface area contributed by atoms with Gasteiger partial charge in [-0.1, -0.05) is 0 Å². The molecular formula is C12H11F2N3S. The van der Waals surface area contributed by atoms with Crippen molar-refractivity contribution in [2.45, 2.75) is 13.8 Å². The molecule has 0 saturated heterocycles. The largest absolute Gasteiger partial charge is 0.253 e. The van der Waals surface area contributed by atoms with Gasteiger partial charge in [-0.05, 0) is 31.5 Å². The third-order valence-corrected chi connectivity index (χ3v) is 3.05. The first-order valence-corrected chi connectivity index (χ1v) is 6.11. The average molecular weight is 267 g/mol. The molecule has 0 aliphatic heterocycles. The minimum atomic E-state index is -0.901. The van der Waals surface area contributed by atoms with Crippen LogP contribution in [-0.2, 0) is 0 Å². The quantitative estimate of drug-likeness (QED) is 0.683. The van der Waals surface area contributed by atoms with E-state index in [2.05, 4.69) is 15.5 Å². The summed E-state index contributed by atoms with van der Waals surface area (Å²) in [6, 6.07) is 2.67. The normalized spacial score (nSPS) is 11.1. The van der Waals surface area contributed by atoms with Gasteiger partial charge in [0.05, 0.1) is 11.9 Å². The number of benzene rings is 1.